The fraction of sp³-hybridized carbons (Fsp3) is 0.733. The highest BCUT2D eigenvalue weighted by Gasteiger charge is 2.26. The number of rotatable bonds is 6. The number of carbonyl (C=O) groups is 1. The lowest BCUT2D eigenvalue weighted by Gasteiger charge is -2.31. The van der Waals surface area contributed by atoms with Crippen molar-refractivity contribution in [1.29, 1.82) is 0 Å². The molecule has 0 bridgehead atoms. The first kappa shape index (κ1) is 15.0. The van der Waals surface area contributed by atoms with Crippen molar-refractivity contribution >= 4 is 5.91 Å². The zero-order chi connectivity index (χ0) is 14.4. The molecule has 0 aromatic carbocycles. The summed E-state index contributed by atoms with van der Waals surface area (Å²) in [5, 5.41) is 4.22. The van der Waals surface area contributed by atoms with Gasteiger partial charge in [0.1, 0.15) is 6.04 Å². The molecule has 2 heterocycles. The molecule has 1 fully saturated rings. The van der Waals surface area contributed by atoms with E-state index >= 15 is 0 Å². The summed E-state index contributed by atoms with van der Waals surface area (Å²) in [6, 6.07) is 1.69. The van der Waals surface area contributed by atoms with Crippen LogP contribution in [0.5, 0.6) is 0 Å². The van der Waals surface area contributed by atoms with Crippen molar-refractivity contribution in [2.75, 3.05) is 26.3 Å². The molecule has 2 rings (SSSR count). The minimum Gasteiger partial charge on any atom is -0.381 e. The zero-order valence-electron chi connectivity index (χ0n) is 12.5. The second kappa shape index (κ2) is 7.43. The summed E-state index contributed by atoms with van der Waals surface area (Å²) >= 11 is 0. The molecule has 112 valence electrons. The lowest BCUT2D eigenvalue weighted by atomic mass is 9.99. The van der Waals surface area contributed by atoms with Gasteiger partial charge in [-0.3, -0.25) is 9.48 Å². The second-order valence-corrected chi connectivity index (χ2v) is 5.34. The van der Waals surface area contributed by atoms with Crippen LogP contribution >= 0.6 is 0 Å². The Bertz CT molecular complexity index is 399. The van der Waals surface area contributed by atoms with E-state index in [-0.39, 0.29) is 11.9 Å². The molecule has 0 radical (unpaired) electrons. The third kappa shape index (κ3) is 3.60. The third-order valence-corrected chi connectivity index (χ3v) is 4.03. The highest BCUT2D eigenvalue weighted by atomic mass is 16.5. The van der Waals surface area contributed by atoms with Crippen LogP contribution in [0.15, 0.2) is 18.5 Å². The normalized spacial score (nSPS) is 17.9. The summed E-state index contributed by atoms with van der Waals surface area (Å²) in [6.45, 7) is 7.34. The number of likely N-dealkylation sites (N-methyl/N-ethyl adjacent to an activating group) is 1. The predicted octanol–water partition coefficient (Wildman–Crippen LogP) is 2.11. The summed E-state index contributed by atoms with van der Waals surface area (Å²) in [7, 11) is 0. The maximum Gasteiger partial charge on any atom is 0.247 e. The van der Waals surface area contributed by atoms with Crippen molar-refractivity contribution < 1.29 is 9.53 Å². The Morgan fingerprint density at radius 1 is 1.45 bits per heavy atom. The minimum atomic E-state index is -0.176. The summed E-state index contributed by atoms with van der Waals surface area (Å²) in [5.41, 5.74) is 0. The quantitative estimate of drug-likeness (QED) is 0.801. The molecule has 1 aromatic heterocycles. The SMILES string of the molecule is CCC(C(=O)N(CC)CC1CCOCC1)n1cccn1. The van der Waals surface area contributed by atoms with Gasteiger partial charge in [0.2, 0.25) is 5.91 Å². The van der Waals surface area contributed by atoms with Gasteiger partial charge in [-0.05, 0) is 38.2 Å². The van der Waals surface area contributed by atoms with E-state index in [1.165, 1.54) is 0 Å². The molecule has 5 nitrogen and oxygen atoms in total. The zero-order valence-corrected chi connectivity index (χ0v) is 12.5. The molecule has 0 spiro atoms. The number of hydrogen-bond donors (Lipinski definition) is 0. The number of amides is 1. The van der Waals surface area contributed by atoms with Crippen LogP contribution in [0.2, 0.25) is 0 Å². The van der Waals surface area contributed by atoms with E-state index in [0.717, 1.165) is 45.6 Å². The van der Waals surface area contributed by atoms with Gasteiger partial charge in [0.05, 0.1) is 0 Å². The molecular formula is C15H25N3O2. The van der Waals surface area contributed by atoms with Gasteiger partial charge in [-0.15, -0.1) is 0 Å². The van der Waals surface area contributed by atoms with Gasteiger partial charge in [-0.25, -0.2) is 0 Å². The standard InChI is InChI=1S/C15H25N3O2/c1-3-14(18-9-5-8-16-18)15(19)17(4-2)12-13-6-10-20-11-7-13/h5,8-9,13-14H,3-4,6-7,10-12H2,1-2H3. The number of carbonyl (C=O) groups excluding carboxylic acids is 1. The van der Waals surface area contributed by atoms with Gasteiger partial charge in [-0.2, -0.15) is 5.10 Å². The van der Waals surface area contributed by atoms with Crippen molar-refractivity contribution in [3.63, 3.8) is 0 Å². The van der Waals surface area contributed by atoms with Gasteiger partial charge in [0, 0.05) is 38.7 Å². The number of ether oxygens (including phenoxy) is 1. The Balaban J connectivity index is 1.99. The van der Waals surface area contributed by atoms with Gasteiger partial charge in [0.25, 0.3) is 0 Å². The Morgan fingerprint density at radius 2 is 2.20 bits per heavy atom. The van der Waals surface area contributed by atoms with Crippen molar-refractivity contribution in [2.45, 2.75) is 39.2 Å². The first-order valence-corrected chi connectivity index (χ1v) is 7.61. The van der Waals surface area contributed by atoms with E-state index in [4.69, 9.17) is 4.74 Å². The van der Waals surface area contributed by atoms with Crippen molar-refractivity contribution in [3.05, 3.63) is 18.5 Å². The van der Waals surface area contributed by atoms with Crippen molar-refractivity contribution in [1.82, 2.24) is 14.7 Å². The maximum atomic E-state index is 12.7. The smallest absolute Gasteiger partial charge is 0.247 e. The Morgan fingerprint density at radius 3 is 2.75 bits per heavy atom. The van der Waals surface area contributed by atoms with Crippen molar-refractivity contribution in [2.24, 2.45) is 5.92 Å². The monoisotopic (exact) mass is 279 g/mol. The summed E-state index contributed by atoms with van der Waals surface area (Å²) in [5.74, 6) is 0.757. The topological polar surface area (TPSA) is 47.4 Å². The molecule has 0 N–H and O–H groups in total. The van der Waals surface area contributed by atoms with Crippen LogP contribution in [0.4, 0.5) is 0 Å². The first-order chi connectivity index (χ1) is 9.76. The maximum absolute atomic E-state index is 12.7. The predicted molar refractivity (Wildman–Crippen MR) is 77.4 cm³/mol. The van der Waals surface area contributed by atoms with E-state index in [1.807, 2.05) is 31.0 Å². The Kier molecular flexibility index (Phi) is 5.59. The largest absolute Gasteiger partial charge is 0.381 e. The van der Waals surface area contributed by atoms with E-state index in [1.54, 1.807) is 10.9 Å². The van der Waals surface area contributed by atoms with E-state index in [2.05, 4.69) is 5.10 Å². The van der Waals surface area contributed by atoms with Crippen LogP contribution < -0.4 is 0 Å². The number of nitrogens with zero attached hydrogens (tertiary/aromatic N) is 3. The van der Waals surface area contributed by atoms with Crippen molar-refractivity contribution in [3.8, 4) is 0 Å². The Hall–Kier alpha value is -1.36. The minimum absolute atomic E-state index is 0.176. The summed E-state index contributed by atoms with van der Waals surface area (Å²) in [6.07, 6.45) is 6.48. The van der Waals surface area contributed by atoms with E-state index < -0.39 is 0 Å². The lowest BCUT2D eigenvalue weighted by molar-refractivity contribution is -0.136. The van der Waals surface area contributed by atoms with Gasteiger partial charge < -0.3 is 9.64 Å². The third-order valence-electron chi connectivity index (χ3n) is 4.03. The van der Waals surface area contributed by atoms with E-state index in [0.29, 0.717) is 5.92 Å². The fourth-order valence-electron chi connectivity index (χ4n) is 2.77. The van der Waals surface area contributed by atoms with Gasteiger partial charge in [0.15, 0.2) is 0 Å². The molecule has 1 unspecified atom stereocenters. The molecule has 20 heavy (non-hydrogen) atoms. The van der Waals surface area contributed by atoms with E-state index in [9.17, 15) is 4.79 Å². The van der Waals surface area contributed by atoms with Crippen LogP contribution in [-0.4, -0.2) is 46.9 Å². The molecule has 1 aliphatic heterocycles. The van der Waals surface area contributed by atoms with Crippen LogP contribution in [-0.2, 0) is 9.53 Å². The highest BCUT2D eigenvalue weighted by Crippen LogP contribution is 2.19. The molecular weight excluding hydrogens is 254 g/mol. The fourth-order valence-corrected chi connectivity index (χ4v) is 2.77. The van der Waals surface area contributed by atoms with Gasteiger partial charge >= 0.3 is 0 Å². The molecule has 5 heteroatoms. The van der Waals surface area contributed by atoms with Crippen LogP contribution in [0, 0.1) is 5.92 Å². The Labute approximate surface area is 120 Å². The van der Waals surface area contributed by atoms with Crippen LogP contribution in [0.3, 0.4) is 0 Å². The first-order valence-electron chi connectivity index (χ1n) is 7.61. The molecule has 1 saturated heterocycles. The molecule has 0 saturated carbocycles. The average Bonchev–Trinajstić information content (AvgIpc) is 3.00. The molecule has 1 amide bonds. The number of hydrogen-bond acceptors (Lipinski definition) is 3. The van der Waals surface area contributed by atoms with Gasteiger partial charge in [-0.1, -0.05) is 6.92 Å². The summed E-state index contributed by atoms with van der Waals surface area (Å²) < 4.78 is 7.16. The lowest BCUT2D eigenvalue weighted by Crippen LogP contribution is -2.41. The molecule has 1 aromatic rings. The second-order valence-electron chi connectivity index (χ2n) is 5.34. The molecule has 0 aliphatic carbocycles. The van der Waals surface area contributed by atoms with Crippen LogP contribution in [0.1, 0.15) is 39.2 Å². The number of aromatic nitrogens is 2. The molecule has 1 aliphatic rings. The molecule has 1 atom stereocenters. The summed E-state index contributed by atoms with van der Waals surface area (Å²) in [4.78, 5) is 14.7. The highest BCUT2D eigenvalue weighted by molar-refractivity contribution is 5.80. The average molecular weight is 279 g/mol. The van der Waals surface area contributed by atoms with Crippen LogP contribution in [0.25, 0.3) is 0 Å².